The number of benzene rings is 5. The standard InChI is InChI=1S/C36H42N4/c1-5-25-15-23(21-37)16-26(6-2)34(25)39-33-14-13-31-19-29-11-9-10-12-30(29)20-32(31)36(33)40-35-27(7-3)17-24(22-38)18-28(35)8-4/h9-20,39-40H,5-8,21-22,37-38H2,1-4H3. The van der Waals surface area contributed by atoms with Gasteiger partial charge in [0.15, 0.2) is 0 Å². The maximum absolute atomic E-state index is 6.07. The monoisotopic (exact) mass is 530 g/mol. The van der Waals surface area contributed by atoms with E-state index in [1.54, 1.807) is 0 Å². The van der Waals surface area contributed by atoms with Crippen molar-refractivity contribution >= 4 is 44.3 Å². The van der Waals surface area contributed by atoms with Gasteiger partial charge in [0.25, 0.3) is 0 Å². The second-order valence-corrected chi connectivity index (χ2v) is 10.6. The van der Waals surface area contributed by atoms with Gasteiger partial charge in [-0.3, -0.25) is 0 Å². The number of anilines is 4. The molecule has 206 valence electrons. The van der Waals surface area contributed by atoms with Crippen LogP contribution in [0.5, 0.6) is 0 Å². The molecule has 0 saturated carbocycles. The first-order valence-corrected chi connectivity index (χ1v) is 14.7. The van der Waals surface area contributed by atoms with Gasteiger partial charge in [0.1, 0.15) is 0 Å². The van der Waals surface area contributed by atoms with E-state index in [2.05, 4.69) is 111 Å². The molecule has 0 radical (unpaired) electrons. The van der Waals surface area contributed by atoms with Gasteiger partial charge in [-0.1, -0.05) is 82.3 Å². The average molecular weight is 531 g/mol. The second kappa shape index (κ2) is 12.1. The Labute approximate surface area is 238 Å². The van der Waals surface area contributed by atoms with E-state index in [9.17, 15) is 0 Å². The molecule has 0 saturated heterocycles. The number of hydrogen-bond donors (Lipinski definition) is 4. The van der Waals surface area contributed by atoms with Crippen LogP contribution in [0.15, 0.2) is 72.8 Å². The fourth-order valence-corrected chi connectivity index (χ4v) is 5.86. The van der Waals surface area contributed by atoms with Crippen LogP contribution >= 0.6 is 0 Å². The zero-order valence-electron chi connectivity index (χ0n) is 24.3. The predicted molar refractivity (Wildman–Crippen MR) is 174 cm³/mol. The molecule has 6 N–H and O–H groups in total. The highest BCUT2D eigenvalue weighted by Gasteiger charge is 2.17. The van der Waals surface area contributed by atoms with Gasteiger partial charge in [-0.25, -0.2) is 0 Å². The predicted octanol–water partition coefficient (Wildman–Crippen LogP) is 8.65. The van der Waals surface area contributed by atoms with Crippen molar-refractivity contribution in [2.45, 2.75) is 66.5 Å². The molecule has 0 aliphatic heterocycles. The van der Waals surface area contributed by atoms with Crippen LogP contribution in [0.4, 0.5) is 22.7 Å². The van der Waals surface area contributed by atoms with Gasteiger partial charge >= 0.3 is 0 Å². The third-order valence-corrected chi connectivity index (χ3v) is 8.11. The molecule has 0 heterocycles. The maximum Gasteiger partial charge on any atom is 0.0703 e. The number of nitrogens with two attached hydrogens (primary N) is 2. The molecule has 0 atom stereocenters. The van der Waals surface area contributed by atoms with Crippen molar-refractivity contribution in [3.8, 4) is 0 Å². The van der Waals surface area contributed by atoms with Crippen LogP contribution in [0.25, 0.3) is 21.5 Å². The summed E-state index contributed by atoms with van der Waals surface area (Å²) in [5, 5.41) is 12.8. The van der Waals surface area contributed by atoms with Crippen molar-refractivity contribution in [1.29, 1.82) is 0 Å². The van der Waals surface area contributed by atoms with Crippen molar-refractivity contribution in [3.63, 3.8) is 0 Å². The van der Waals surface area contributed by atoms with Gasteiger partial charge in [0.05, 0.1) is 11.4 Å². The minimum absolute atomic E-state index is 0.547. The Kier molecular flexibility index (Phi) is 8.39. The van der Waals surface area contributed by atoms with Crippen LogP contribution in [0.2, 0.25) is 0 Å². The van der Waals surface area contributed by atoms with Gasteiger partial charge < -0.3 is 22.1 Å². The fourth-order valence-electron chi connectivity index (χ4n) is 5.86. The van der Waals surface area contributed by atoms with E-state index in [0.29, 0.717) is 13.1 Å². The number of nitrogens with one attached hydrogen (secondary N) is 2. The van der Waals surface area contributed by atoms with E-state index in [1.807, 2.05) is 0 Å². The lowest BCUT2D eigenvalue weighted by Gasteiger charge is -2.23. The van der Waals surface area contributed by atoms with Gasteiger partial charge in [-0.2, -0.15) is 0 Å². The normalized spacial score (nSPS) is 11.3. The van der Waals surface area contributed by atoms with Crippen LogP contribution < -0.4 is 22.1 Å². The highest BCUT2D eigenvalue weighted by molar-refractivity contribution is 6.08. The van der Waals surface area contributed by atoms with Crippen molar-refractivity contribution < 1.29 is 0 Å². The van der Waals surface area contributed by atoms with E-state index in [-0.39, 0.29) is 0 Å². The summed E-state index contributed by atoms with van der Waals surface area (Å²) in [4.78, 5) is 0. The molecular formula is C36H42N4. The summed E-state index contributed by atoms with van der Waals surface area (Å²) >= 11 is 0. The third kappa shape index (κ3) is 5.30. The lowest BCUT2D eigenvalue weighted by atomic mass is 9.96. The van der Waals surface area contributed by atoms with E-state index in [1.165, 1.54) is 66.3 Å². The first-order chi connectivity index (χ1) is 19.5. The molecule has 0 unspecified atom stereocenters. The van der Waals surface area contributed by atoms with Crippen molar-refractivity contribution in [1.82, 2.24) is 0 Å². The Balaban J connectivity index is 1.75. The van der Waals surface area contributed by atoms with Gasteiger partial charge in [-0.05, 0) is 93.4 Å². The number of rotatable bonds is 10. The molecule has 4 heteroatoms. The topological polar surface area (TPSA) is 76.1 Å². The highest BCUT2D eigenvalue weighted by atomic mass is 15.0. The second-order valence-electron chi connectivity index (χ2n) is 10.6. The SMILES string of the molecule is CCc1cc(CN)cc(CC)c1Nc1ccc2cc3ccccc3cc2c1Nc1c(CC)cc(CN)cc1CC. The highest BCUT2D eigenvalue weighted by Crippen LogP contribution is 2.41. The summed E-state index contributed by atoms with van der Waals surface area (Å²) in [6.07, 6.45) is 3.73. The zero-order valence-corrected chi connectivity index (χ0v) is 24.3. The summed E-state index contributed by atoms with van der Waals surface area (Å²) in [6.45, 7) is 9.96. The molecule has 40 heavy (non-hydrogen) atoms. The number of hydrogen-bond acceptors (Lipinski definition) is 4. The summed E-state index contributed by atoms with van der Waals surface area (Å²) < 4.78 is 0. The minimum Gasteiger partial charge on any atom is -0.353 e. The van der Waals surface area contributed by atoms with Crippen molar-refractivity contribution in [3.05, 3.63) is 106 Å². The van der Waals surface area contributed by atoms with Gasteiger partial charge in [0, 0.05) is 29.9 Å². The molecule has 0 aliphatic rings. The summed E-state index contributed by atoms with van der Waals surface area (Å²) in [6, 6.07) is 26.7. The molecule has 0 spiro atoms. The van der Waals surface area contributed by atoms with E-state index in [0.717, 1.165) is 37.1 Å². The molecule has 5 aromatic carbocycles. The summed E-state index contributed by atoms with van der Waals surface area (Å²) in [5.41, 5.74) is 24.2. The average Bonchev–Trinajstić information content (AvgIpc) is 3.00. The van der Waals surface area contributed by atoms with Crippen molar-refractivity contribution in [2.24, 2.45) is 11.5 Å². The smallest absolute Gasteiger partial charge is 0.0703 e. The quantitative estimate of drug-likeness (QED) is 0.136. The molecule has 0 amide bonds. The van der Waals surface area contributed by atoms with E-state index in [4.69, 9.17) is 11.5 Å². The Hall–Kier alpha value is -3.86. The molecule has 5 aromatic rings. The molecule has 0 fully saturated rings. The Morgan fingerprint density at radius 2 is 0.975 bits per heavy atom. The van der Waals surface area contributed by atoms with Crippen LogP contribution in [0, 0.1) is 0 Å². The van der Waals surface area contributed by atoms with Gasteiger partial charge in [-0.15, -0.1) is 0 Å². The van der Waals surface area contributed by atoms with Crippen molar-refractivity contribution in [2.75, 3.05) is 10.6 Å². The van der Waals surface area contributed by atoms with Gasteiger partial charge in [0.2, 0.25) is 0 Å². The largest absolute Gasteiger partial charge is 0.353 e. The van der Waals surface area contributed by atoms with E-state index < -0.39 is 0 Å². The summed E-state index contributed by atoms with van der Waals surface area (Å²) in [7, 11) is 0. The Morgan fingerprint density at radius 1 is 0.500 bits per heavy atom. The Morgan fingerprint density at radius 3 is 1.45 bits per heavy atom. The molecule has 4 nitrogen and oxygen atoms in total. The fraction of sp³-hybridized carbons (Fsp3) is 0.278. The number of aryl methyl sites for hydroxylation is 4. The first-order valence-electron chi connectivity index (χ1n) is 14.7. The third-order valence-electron chi connectivity index (χ3n) is 8.11. The Bertz CT molecular complexity index is 1620. The molecule has 0 bridgehead atoms. The number of fused-ring (bicyclic) bond motifs is 2. The summed E-state index contributed by atoms with van der Waals surface area (Å²) in [5.74, 6) is 0. The van der Waals surface area contributed by atoms with Crippen LogP contribution in [-0.4, -0.2) is 0 Å². The first kappa shape index (κ1) is 27.7. The van der Waals surface area contributed by atoms with Crippen LogP contribution in [0.1, 0.15) is 61.1 Å². The molecule has 0 aliphatic carbocycles. The molecule has 0 aromatic heterocycles. The molecular weight excluding hydrogens is 488 g/mol. The lowest BCUT2D eigenvalue weighted by molar-refractivity contribution is 1.02. The lowest BCUT2D eigenvalue weighted by Crippen LogP contribution is -2.08. The molecule has 5 rings (SSSR count). The van der Waals surface area contributed by atoms with E-state index >= 15 is 0 Å². The zero-order chi connectivity index (χ0) is 28.2. The van der Waals surface area contributed by atoms with Crippen LogP contribution in [0.3, 0.4) is 0 Å². The van der Waals surface area contributed by atoms with Crippen LogP contribution in [-0.2, 0) is 38.8 Å². The maximum atomic E-state index is 6.07. The minimum atomic E-state index is 0.547.